The molecule has 1 atom stereocenters. The largest absolute Gasteiger partial charge is 0.336 e. The van der Waals surface area contributed by atoms with E-state index in [-0.39, 0.29) is 11.8 Å². The fourth-order valence-electron chi connectivity index (χ4n) is 3.10. The Labute approximate surface area is 124 Å². The van der Waals surface area contributed by atoms with E-state index in [1.165, 1.54) is 0 Å². The first-order valence-corrected chi connectivity index (χ1v) is 7.59. The van der Waals surface area contributed by atoms with Crippen molar-refractivity contribution in [3.8, 4) is 0 Å². The molecule has 1 unspecified atom stereocenters. The summed E-state index contributed by atoms with van der Waals surface area (Å²) in [5.41, 5.74) is 0.799. The number of fused-ring (bicyclic) bond motifs is 1. The third-order valence-electron chi connectivity index (χ3n) is 4.29. The molecule has 112 valence electrons. The van der Waals surface area contributed by atoms with E-state index < -0.39 is 0 Å². The Balaban J connectivity index is 1.42. The first-order valence-electron chi connectivity index (χ1n) is 7.59. The van der Waals surface area contributed by atoms with Gasteiger partial charge in [0, 0.05) is 38.2 Å². The highest BCUT2D eigenvalue weighted by atomic mass is 16.2. The lowest BCUT2D eigenvalue weighted by Crippen LogP contribution is -2.52. The zero-order valence-electron chi connectivity index (χ0n) is 12.1. The van der Waals surface area contributed by atoms with E-state index in [2.05, 4.69) is 10.2 Å². The first-order chi connectivity index (χ1) is 10.2. The Morgan fingerprint density at radius 2 is 2.05 bits per heavy atom. The Hall–Kier alpha value is -1.88. The lowest BCUT2D eigenvalue weighted by atomic mass is 10.1. The summed E-state index contributed by atoms with van der Waals surface area (Å²) in [5.74, 6) is 0.215. The number of benzene rings is 1. The second-order valence-corrected chi connectivity index (χ2v) is 5.73. The van der Waals surface area contributed by atoms with Crippen molar-refractivity contribution in [2.75, 3.05) is 32.7 Å². The molecule has 1 aromatic rings. The van der Waals surface area contributed by atoms with Crippen LogP contribution in [0.15, 0.2) is 30.3 Å². The number of carbonyl (C=O) groups excluding carboxylic acids is 2. The maximum Gasteiger partial charge on any atom is 0.317 e. The van der Waals surface area contributed by atoms with E-state index in [1.54, 1.807) is 0 Å². The summed E-state index contributed by atoms with van der Waals surface area (Å²) in [6, 6.07) is 9.84. The van der Waals surface area contributed by atoms with Gasteiger partial charge in [-0.15, -0.1) is 0 Å². The Bertz CT molecular complexity index is 518. The normalized spacial score (nSPS) is 22.0. The maximum atomic E-state index is 12.0. The molecule has 0 spiro atoms. The smallest absolute Gasteiger partial charge is 0.317 e. The standard InChI is InChI=1S/C16H21N3O2/c20-15(13-5-2-1-3-6-13)7-4-8-18-9-10-19-14(12-18)11-17-16(19)21/h1-3,5-6,14H,4,7-12H2,(H,17,21). The highest BCUT2D eigenvalue weighted by Gasteiger charge is 2.34. The molecule has 0 radical (unpaired) electrons. The van der Waals surface area contributed by atoms with Crippen LogP contribution < -0.4 is 5.32 Å². The van der Waals surface area contributed by atoms with Gasteiger partial charge in [-0.25, -0.2) is 4.79 Å². The number of urea groups is 1. The zero-order valence-corrected chi connectivity index (χ0v) is 12.1. The average molecular weight is 287 g/mol. The van der Waals surface area contributed by atoms with Gasteiger partial charge in [0.2, 0.25) is 0 Å². The molecule has 3 rings (SSSR count). The lowest BCUT2D eigenvalue weighted by molar-refractivity contribution is 0.0958. The fraction of sp³-hybridized carbons (Fsp3) is 0.500. The third-order valence-corrected chi connectivity index (χ3v) is 4.29. The highest BCUT2D eigenvalue weighted by Crippen LogP contribution is 2.15. The summed E-state index contributed by atoms with van der Waals surface area (Å²) in [4.78, 5) is 27.8. The molecule has 5 heteroatoms. The Morgan fingerprint density at radius 3 is 2.86 bits per heavy atom. The predicted molar refractivity (Wildman–Crippen MR) is 80.3 cm³/mol. The molecule has 0 aliphatic carbocycles. The Kier molecular flexibility index (Phi) is 4.20. The van der Waals surface area contributed by atoms with Gasteiger partial charge in [0.1, 0.15) is 0 Å². The van der Waals surface area contributed by atoms with Crippen LogP contribution in [0.3, 0.4) is 0 Å². The van der Waals surface area contributed by atoms with Crippen LogP contribution in [0.4, 0.5) is 4.79 Å². The van der Waals surface area contributed by atoms with E-state index in [1.807, 2.05) is 35.2 Å². The number of nitrogens with one attached hydrogen (secondary N) is 1. The van der Waals surface area contributed by atoms with Crippen LogP contribution in [0, 0.1) is 0 Å². The molecule has 2 amide bonds. The van der Waals surface area contributed by atoms with E-state index in [0.717, 1.165) is 44.7 Å². The number of piperazine rings is 1. The van der Waals surface area contributed by atoms with Crippen LogP contribution in [0.1, 0.15) is 23.2 Å². The van der Waals surface area contributed by atoms with Crippen molar-refractivity contribution < 1.29 is 9.59 Å². The molecule has 0 saturated carbocycles. The monoisotopic (exact) mass is 287 g/mol. The highest BCUT2D eigenvalue weighted by molar-refractivity contribution is 5.95. The summed E-state index contributed by atoms with van der Waals surface area (Å²) < 4.78 is 0. The van der Waals surface area contributed by atoms with Gasteiger partial charge in [0.05, 0.1) is 6.04 Å². The van der Waals surface area contributed by atoms with Crippen molar-refractivity contribution >= 4 is 11.8 Å². The summed E-state index contributed by atoms with van der Waals surface area (Å²) >= 11 is 0. The second-order valence-electron chi connectivity index (χ2n) is 5.73. The topological polar surface area (TPSA) is 52.7 Å². The summed E-state index contributed by atoms with van der Waals surface area (Å²) in [7, 11) is 0. The van der Waals surface area contributed by atoms with Gasteiger partial charge in [0.25, 0.3) is 0 Å². The van der Waals surface area contributed by atoms with Gasteiger partial charge in [-0.2, -0.15) is 0 Å². The Morgan fingerprint density at radius 1 is 1.24 bits per heavy atom. The molecule has 1 N–H and O–H groups in total. The van der Waals surface area contributed by atoms with Crippen molar-refractivity contribution in [2.45, 2.75) is 18.9 Å². The maximum absolute atomic E-state index is 12.0. The summed E-state index contributed by atoms with van der Waals surface area (Å²) in [6.07, 6.45) is 1.47. The van der Waals surface area contributed by atoms with Crippen LogP contribution in [-0.2, 0) is 0 Å². The summed E-state index contributed by atoms with van der Waals surface area (Å²) in [6.45, 7) is 4.29. The van der Waals surface area contributed by atoms with Crippen molar-refractivity contribution in [1.29, 1.82) is 0 Å². The van der Waals surface area contributed by atoms with Crippen molar-refractivity contribution in [3.63, 3.8) is 0 Å². The molecule has 0 aromatic heterocycles. The predicted octanol–water partition coefficient (Wildman–Crippen LogP) is 1.36. The quantitative estimate of drug-likeness (QED) is 0.832. The number of hydrogen-bond donors (Lipinski definition) is 1. The molecule has 2 saturated heterocycles. The van der Waals surface area contributed by atoms with Crippen LogP contribution in [0.5, 0.6) is 0 Å². The lowest BCUT2D eigenvalue weighted by Gasteiger charge is -2.36. The molecular weight excluding hydrogens is 266 g/mol. The van der Waals surface area contributed by atoms with Crippen LogP contribution in [0.2, 0.25) is 0 Å². The summed E-state index contributed by atoms with van der Waals surface area (Å²) in [5, 5.41) is 2.88. The van der Waals surface area contributed by atoms with E-state index >= 15 is 0 Å². The van der Waals surface area contributed by atoms with Crippen molar-refractivity contribution in [1.82, 2.24) is 15.1 Å². The van der Waals surface area contributed by atoms with Gasteiger partial charge >= 0.3 is 6.03 Å². The third kappa shape index (κ3) is 3.24. The number of ketones is 1. The van der Waals surface area contributed by atoms with Crippen LogP contribution >= 0.6 is 0 Å². The van der Waals surface area contributed by atoms with E-state index in [4.69, 9.17) is 0 Å². The van der Waals surface area contributed by atoms with Gasteiger partial charge in [0.15, 0.2) is 5.78 Å². The van der Waals surface area contributed by atoms with Crippen molar-refractivity contribution in [2.24, 2.45) is 0 Å². The minimum Gasteiger partial charge on any atom is -0.336 e. The molecular formula is C16H21N3O2. The number of carbonyl (C=O) groups is 2. The minimum absolute atomic E-state index is 0.0684. The second kappa shape index (κ2) is 6.26. The molecule has 2 aliphatic heterocycles. The van der Waals surface area contributed by atoms with E-state index in [0.29, 0.717) is 12.5 Å². The molecule has 21 heavy (non-hydrogen) atoms. The number of Topliss-reactive ketones (excluding diaryl/α,β-unsaturated/α-hetero) is 1. The van der Waals surface area contributed by atoms with Crippen LogP contribution in [0.25, 0.3) is 0 Å². The van der Waals surface area contributed by atoms with Gasteiger partial charge < -0.3 is 10.2 Å². The molecule has 2 heterocycles. The average Bonchev–Trinajstić information content (AvgIpc) is 2.89. The minimum atomic E-state index is 0.0684. The number of rotatable bonds is 5. The number of amides is 2. The molecule has 2 fully saturated rings. The fourth-order valence-corrected chi connectivity index (χ4v) is 3.10. The van der Waals surface area contributed by atoms with Crippen molar-refractivity contribution in [3.05, 3.63) is 35.9 Å². The van der Waals surface area contributed by atoms with Gasteiger partial charge in [-0.3, -0.25) is 9.69 Å². The number of hydrogen-bond acceptors (Lipinski definition) is 3. The first kappa shape index (κ1) is 14.1. The zero-order chi connectivity index (χ0) is 14.7. The number of nitrogens with zero attached hydrogens (tertiary/aromatic N) is 2. The van der Waals surface area contributed by atoms with Gasteiger partial charge in [-0.1, -0.05) is 30.3 Å². The molecule has 2 aliphatic rings. The molecule has 0 bridgehead atoms. The van der Waals surface area contributed by atoms with Gasteiger partial charge in [-0.05, 0) is 13.0 Å². The van der Waals surface area contributed by atoms with Crippen LogP contribution in [-0.4, -0.2) is 60.4 Å². The molecule has 5 nitrogen and oxygen atoms in total. The molecule has 1 aromatic carbocycles. The van der Waals surface area contributed by atoms with E-state index in [9.17, 15) is 9.59 Å². The SMILES string of the molecule is O=C(CCCN1CCN2C(=O)NCC2C1)c1ccccc1.